The second-order valence-corrected chi connectivity index (χ2v) is 8.43. The van der Waals surface area contributed by atoms with Gasteiger partial charge in [0.2, 0.25) is 5.91 Å². The van der Waals surface area contributed by atoms with E-state index in [0.717, 1.165) is 59.2 Å². The summed E-state index contributed by atoms with van der Waals surface area (Å²) >= 11 is 0. The van der Waals surface area contributed by atoms with Crippen LogP contribution in [0.1, 0.15) is 36.8 Å². The van der Waals surface area contributed by atoms with Crippen molar-refractivity contribution in [3.05, 3.63) is 66.0 Å². The lowest BCUT2D eigenvalue weighted by Crippen LogP contribution is -2.28. The van der Waals surface area contributed by atoms with Crippen LogP contribution in [-0.4, -0.2) is 25.4 Å². The van der Waals surface area contributed by atoms with Crippen LogP contribution in [0, 0.1) is 12.8 Å². The van der Waals surface area contributed by atoms with Gasteiger partial charge in [-0.15, -0.1) is 0 Å². The Hall–Kier alpha value is -3.74. The molecule has 3 N–H and O–H groups in total. The van der Waals surface area contributed by atoms with E-state index in [-0.39, 0.29) is 11.8 Å². The molecule has 0 atom stereocenters. The van der Waals surface area contributed by atoms with Crippen molar-refractivity contribution in [1.82, 2.24) is 24.8 Å². The number of imidazole rings is 1. The maximum absolute atomic E-state index is 12.3. The van der Waals surface area contributed by atoms with Crippen molar-refractivity contribution in [1.29, 1.82) is 0 Å². The standard InChI is InChI=1S/C25H26N6O/c1-16-13-21-24(28-14-16)31(23(30-21)20-7-4-12-27-22(20)26)19-10-8-17(9-11-19)15-29-25(32)18-5-2-3-6-18/h4,7-14,18H,2-3,5-6,15H2,1H3,(H2,26,27)(H,29,32). The van der Waals surface area contributed by atoms with Gasteiger partial charge in [-0.25, -0.2) is 15.0 Å². The lowest BCUT2D eigenvalue weighted by molar-refractivity contribution is -0.124. The largest absolute Gasteiger partial charge is 0.383 e. The van der Waals surface area contributed by atoms with Crippen molar-refractivity contribution in [2.24, 2.45) is 5.92 Å². The summed E-state index contributed by atoms with van der Waals surface area (Å²) in [5.41, 5.74) is 11.5. The van der Waals surface area contributed by atoms with E-state index in [4.69, 9.17) is 10.7 Å². The van der Waals surface area contributed by atoms with Crippen LogP contribution in [0.2, 0.25) is 0 Å². The third-order valence-corrected chi connectivity index (χ3v) is 6.10. The maximum atomic E-state index is 12.3. The smallest absolute Gasteiger partial charge is 0.223 e. The summed E-state index contributed by atoms with van der Waals surface area (Å²) in [6.07, 6.45) is 7.83. The van der Waals surface area contributed by atoms with Crippen LogP contribution in [0.5, 0.6) is 0 Å². The van der Waals surface area contributed by atoms with Crippen LogP contribution >= 0.6 is 0 Å². The molecule has 0 spiro atoms. The summed E-state index contributed by atoms with van der Waals surface area (Å²) in [6, 6.07) is 13.9. The quantitative estimate of drug-likeness (QED) is 0.499. The van der Waals surface area contributed by atoms with Gasteiger partial charge in [-0.05, 0) is 61.2 Å². The maximum Gasteiger partial charge on any atom is 0.223 e. The van der Waals surface area contributed by atoms with Gasteiger partial charge in [0.25, 0.3) is 0 Å². The molecule has 3 aromatic heterocycles. The minimum Gasteiger partial charge on any atom is -0.383 e. The number of nitrogen functional groups attached to an aromatic ring is 1. The lowest BCUT2D eigenvalue weighted by Gasteiger charge is -2.12. The molecule has 5 rings (SSSR count). The van der Waals surface area contributed by atoms with Crippen molar-refractivity contribution < 1.29 is 4.79 Å². The van der Waals surface area contributed by atoms with Gasteiger partial charge in [0, 0.05) is 30.5 Å². The van der Waals surface area contributed by atoms with Crippen LogP contribution < -0.4 is 11.1 Å². The van der Waals surface area contributed by atoms with E-state index in [2.05, 4.69) is 15.3 Å². The third kappa shape index (κ3) is 3.82. The molecule has 1 fully saturated rings. The molecule has 0 saturated heterocycles. The molecule has 7 nitrogen and oxygen atoms in total. The summed E-state index contributed by atoms with van der Waals surface area (Å²) in [7, 11) is 0. The van der Waals surface area contributed by atoms with Crippen LogP contribution in [0.3, 0.4) is 0 Å². The van der Waals surface area contributed by atoms with Gasteiger partial charge >= 0.3 is 0 Å². The number of hydrogen-bond donors (Lipinski definition) is 2. The number of nitrogens with zero attached hydrogens (tertiary/aromatic N) is 4. The Labute approximate surface area is 186 Å². The first-order chi connectivity index (χ1) is 15.6. The lowest BCUT2D eigenvalue weighted by atomic mass is 10.1. The second kappa shape index (κ2) is 8.42. The zero-order valence-corrected chi connectivity index (χ0v) is 18.1. The van der Waals surface area contributed by atoms with Gasteiger partial charge in [0.15, 0.2) is 11.5 Å². The fourth-order valence-corrected chi connectivity index (χ4v) is 4.38. The van der Waals surface area contributed by atoms with Crippen LogP contribution in [0.25, 0.3) is 28.2 Å². The summed E-state index contributed by atoms with van der Waals surface area (Å²) in [6.45, 7) is 2.53. The number of nitrogens with one attached hydrogen (secondary N) is 1. The number of anilines is 1. The number of nitrogens with two attached hydrogens (primary N) is 1. The van der Waals surface area contributed by atoms with Gasteiger partial charge in [-0.1, -0.05) is 25.0 Å². The average molecular weight is 427 g/mol. The fraction of sp³-hybridized carbons (Fsp3) is 0.280. The molecule has 1 aromatic carbocycles. The van der Waals surface area contributed by atoms with Gasteiger partial charge in [0.05, 0.1) is 5.56 Å². The SMILES string of the molecule is Cc1cnc2c(c1)nc(-c1cccnc1N)n2-c1ccc(CNC(=O)C2CCCC2)cc1. The summed E-state index contributed by atoms with van der Waals surface area (Å²) < 4.78 is 2.00. The van der Waals surface area contributed by atoms with E-state index < -0.39 is 0 Å². The van der Waals surface area contributed by atoms with Crippen LogP contribution in [-0.2, 0) is 11.3 Å². The Morgan fingerprint density at radius 3 is 2.69 bits per heavy atom. The zero-order chi connectivity index (χ0) is 22.1. The molecular formula is C25H26N6O. The molecule has 1 saturated carbocycles. The van der Waals surface area contributed by atoms with Crippen LogP contribution in [0.4, 0.5) is 5.82 Å². The van der Waals surface area contributed by atoms with E-state index in [1.807, 2.05) is 60.2 Å². The Bertz CT molecular complexity index is 1270. The predicted octanol–water partition coefficient (Wildman–Crippen LogP) is 4.18. The highest BCUT2D eigenvalue weighted by Crippen LogP contribution is 2.30. The third-order valence-electron chi connectivity index (χ3n) is 6.10. The summed E-state index contributed by atoms with van der Waals surface area (Å²) in [4.78, 5) is 26.0. The highest BCUT2D eigenvalue weighted by molar-refractivity contribution is 5.83. The normalized spacial score (nSPS) is 14.2. The average Bonchev–Trinajstić information content (AvgIpc) is 3.46. The molecule has 0 bridgehead atoms. The molecule has 162 valence electrons. The first-order valence-corrected chi connectivity index (χ1v) is 11.0. The van der Waals surface area contributed by atoms with Gasteiger partial charge in [-0.2, -0.15) is 0 Å². The highest BCUT2D eigenvalue weighted by atomic mass is 16.1. The van der Waals surface area contributed by atoms with E-state index in [0.29, 0.717) is 18.2 Å². The van der Waals surface area contributed by atoms with Crippen molar-refractivity contribution in [2.45, 2.75) is 39.2 Å². The topological polar surface area (TPSA) is 98.7 Å². The number of amides is 1. The molecule has 7 heteroatoms. The minimum absolute atomic E-state index is 0.168. The second-order valence-electron chi connectivity index (χ2n) is 8.43. The Morgan fingerprint density at radius 1 is 1.16 bits per heavy atom. The monoisotopic (exact) mass is 426 g/mol. The molecule has 1 amide bonds. The predicted molar refractivity (Wildman–Crippen MR) is 125 cm³/mol. The number of carbonyl (C=O) groups excluding carboxylic acids is 1. The van der Waals surface area contributed by atoms with Crippen molar-refractivity contribution in [2.75, 3.05) is 5.73 Å². The van der Waals surface area contributed by atoms with E-state index in [1.54, 1.807) is 6.20 Å². The van der Waals surface area contributed by atoms with Gasteiger partial charge in [-0.3, -0.25) is 9.36 Å². The summed E-state index contributed by atoms with van der Waals surface area (Å²) in [5, 5.41) is 3.08. The molecule has 4 aromatic rings. The van der Waals surface area contributed by atoms with Gasteiger partial charge in [0.1, 0.15) is 11.3 Å². The number of rotatable bonds is 5. The van der Waals surface area contributed by atoms with Crippen molar-refractivity contribution >= 4 is 22.9 Å². The van der Waals surface area contributed by atoms with Crippen molar-refractivity contribution in [3.63, 3.8) is 0 Å². The molecule has 0 radical (unpaired) electrons. The molecule has 0 aliphatic heterocycles. The number of pyridine rings is 2. The number of aryl methyl sites for hydroxylation is 1. The minimum atomic E-state index is 0.168. The molecule has 1 aliphatic rings. The van der Waals surface area contributed by atoms with E-state index in [9.17, 15) is 4.79 Å². The number of carbonyl (C=O) groups is 1. The van der Waals surface area contributed by atoms with E-state index >= 15 is 0 Å². The van der Waals surface area contributed by atoms with Crippen LogP contribution in [0.15, 0.2) is 54.9 Å². The first kappa shape index (κ1) is 20.2. The molecule has 0 unspecified atom stereocenters. The summed E-state index contributed by atoms with van der Waals surface area (Å²) in [5.74, 6) is 1.47. The Kier molecular flexibility index (Phi) is 5.31. The molecule has 1 aliphatic carbocycles. The number of benzene rings is 1. The van der Waals surface area contributed by atoms with Gasteiger partial charge < -0.3 is 11.1 Å². The Balaban J connectivity index is 1.48. The molecular weight excluding hydrogens is 400 g/mol. The van der Waals surface area contributed by atoms with E-state index in [1.165, 1.54) is 0 Å². The molecule has 32 heavy (non-hydrogen) atoms. The number of hydrogen-bond acceptors (Lipinski definition) is 5. The Morgan fingerprint density at radius 2 is 1.94 bits per heavy atom. The fourth-order valence-electron chi connectivity index (χ4n) is 4.38. The first-order valence-electron chi connectivity index (χ1n) is 11.0. The zero-order valence-electron chi connectivity index (χ0n) is 18.1. The highest BCUT2D eigenvalue weighted by Gasteiger charge is 2.22. The number of fused-ring (bicyclic) bond motifs is 1. The van der Waals surface area contributed by atoms with Crippen molar-refractivity contribution in [3.8, 4) is 17.1 Å². The molecule has 3 heterocycles. The number of aromatic nitrogens is 4.